The summed E-state index contributed by atoms with van der Waals surface area (Å²) in [6.45, 7) is 2.55. The largest absolute Gasteiger partial charge is 1.00 e. The van der Waals surface area contributed by atoms with Crippen LogP contribution in [0.5, 0.6) is 0 Å². The van der Waals surface area contributed by atoms with E-state index in [9.17, 15) is 0 Å². The maximum atomic E-state index is 5.92. The molecule has 0 bridgehead atoms. The number of halogens is 2. The van der Waals surface area contributed by atoms with Gasteiger partial charge in [0.25, 0.3) is 0 Å². The van der Waals surface area contributed by atoms with Crippen LogP contribution in [0.3, 0.4) is 0 Å². The molecule has 0 spiro atoms. The topological polar surface area (TPSA) is 55.7 Å². The first-order chi connectivity index (χ1) is 8.74. The molecule has 0 amide bonds. The van der Waals surface area contributed by atoms with Crippen molar-refractivity contribution in [2.45, 2.75) is 13.5 Å². The average molecular weight is 418 g/mol. The van der Waals surface area contributed by atoms with Crippen LogP contribution in [0.2, 0.25) is 0 Å². The zero-order chi connectivity index (χ0) is 12.5. The van der Waals surface area contributed by atoms with E-state index in [1.54, 1.807) is 17.5 Å². The number of nitrogen functional groups attached to an aromatic ring is 1. The molecule has 0 saturated carbocycles. The van der Waals surface area contributed by atoms with Crippen LogP contribution in [0.25, 0.3) is 10.2 Å². The number of benzene rings is 1. The number of fused-ring (bicyclic) bond motifs is 1. The Balaban J connectivity index is 0.000001000. The lowest BCUT2D eigenvalue weighted by atomic mass is 10.3. The van der Waals surface area contributed by atoms with E-state index in [4.69, 9.17) is 5.73 Å². The molecule has 0 atom stereocenters. The molecule has 3 aromatic rings. The summed E-state index contributed by atoms with van der Waals surface area (Å²) in [6, 6.07) is 8.32. The summed E-state index contributed by atoms with van der Waals surface area (Å²) in [4.78, 5) is 8.39. The molecular weight excluding hydrogens is 404 g/mol. The van der Waals surface area contributed by atoms with Crippen molar-refractivity contribution >= 4 is 44.4 Å². The van der Waals surface area contributed by atoms with E-state index >= 15 is 0 Å². The third kappa shape index (κ3) is 3.34. The van der Waals surface area contributed by atoms with E-state index in [0.717, 1.165) is 5.56 Å². The van der Waals surface area contributed by atoms with Gasteiger partial charge in [0.15, 0.2) is 6.54 Å². The first-order valence-electron chi connectivity index (χ1n) is 5.68. The molecule has 1 aromatic carbocycles. The third-order valence-electron chi connectivity index (χ3n) is 2.84. The van der Waals surface area contributed by atoms with Gasteiger partial charge in [0.1, 0.15) is 16.3 Å². The van der Waals surface area contributed by atoms with Gasteiger partial charge in [-0.15, -0.1) is 17.0 Å². The summed E-state index contributed by atoms with van der Waals surface area (Å²) in [5, 5.41) is 0. The van der Waals surface area contributed by atoms with Gasteiger partial charge in [-0.2, -0.15) is 4.57 Å². The molecule has 0 saturated heterocycles. The van der Waals surface area contributed by atoms with Gasteiger partial charge in [-0.05, 0) is 13.0 Å². The van der Waals surface area contributed by atoms with Gasteiger partial charge in [0.2, 0.25) is 11.0 Å². The Morgan fingerprint density at radius 2 is 2.05 bits per heavy atom. The molecule has 3 rings (SSSR count). The second-order valence-corrected chi connectivity index (χ2v) is 5.03. The lowest BCUT2D eigenvalue weighted by Gasteiger charge is -2.01. The fraction of sp³-hybridized carbons (Fsp3) is 0.154. The Hall–Kier alpha value is -1.05. The Bertz CT molecular complexity index is 714. The van der Waals surface area contributed by atoms with Crippen LogP contribution in [0, 0.1) is 6.92 Å². The summed E-state index contributed by atoms with van der Waals surface area (Å²) >= 11 is 1.72. The Labute approximate surface area is 142 Å². The number of thiazole rings is 1. The fourth-order valence-electron chi connectivity index (χ4n) is 1.91. The van der Waals surface area contributed by atoms with Crippen LogP contribution in [-0.2, 0) is 6.54 Å². The predicted octanol–water partition coefficient (Wildman–Crippen LogP) is -0.500. The molecule has 2 heterocycles. The number of para-hydroxylation sites is 1. The second kappa shape index (κ2) is 7.10. The van der Waals surface area contributed by atoms with E-state index in [-0.39, 0.29) is 34.0 Å². The van der Waals surface area contributed by atoms with Gasteiger partial charge < -0.3 is 22.7 Å². The van der Waals surface area contributed by atoms with Crippen molar-refractivity contribution in [1.29, 1.82) is 0 Å². The summed E-state index contributed by atoms with van der Waals surface area (Å²) in [6.07, 6.45) is 1.80. The second-order valence-electron chi connectivity index (χ2n) is 4.15. The van der Waals surface area contributed by atoms with Gasteiger partial charge in [0.05, 0.1) is 5.56 Å². The van der Waals surface area contributed by atoms with Crippen LogP contribution in [0.4, 0.5) is 5.82 Å². The SMILES string of the molecule is Br.Cc1ncc(C[n+]2csc3ccccc32)c(N)n1.[Br-]. The zero-order valence-corrected chi connectivity index (χ0v) is 14.9. The minimum absolute atomic E-state index is 0. The summed E-state index contributed by atoms with van der Waals surface area (Å²) in [5.74, 6) is 1.27. The maximum Gasteiger partial charge on any atom is 0.226 e. The molecule has 20 heavy (non-hydrogen) atoms. The number of anilines is 1. The van der Waals surface area contributed by atoms with Crippen molar-refractivity contribution in [2.24, 2.45) is 0 Å². The summed E-state index contributed by atoms with van der Waals surface area (Å²) < 4.78 is 3.44. The highest BCUT2D eigenvalue weighted by Crippen LogP contribution is 2.16. The van der Waals surface area contributed by atoms with E-state index in [1.807, 2.05) is 19.1 Å². The summed E-state index contributed by atoms with van der Waals surface area (Å²) in [7, 11) is 0. The molecule has 4 nitrogen and oxygen atoms in total. The Morgan fingerprint density at radius 1 is 1.30 bits per heavy atom. The van der Waals surface area contributed by atoms with E-state index in [0.29, 0.717) is 18.2 Å². The third-order valence-corrected chi connectivity index (χ3v) is 3.80. The summed E-state index contributed by atoms with van der Waals surface area (Å²) in [5.41, 5.74) is 10.2. The first kappa shape index (κ1) is 17.0. The smallest absolute Gasteiger partial charge is 0.226 e. The van der Waals surface area contributed by atoms with Gasteiger partial charge >= 0.3 is 0 Å². The Morgan fingerprint density at radius 3 is 2.80 bits per heavy atom. The average Bonchev–Trinajstić information content (AvgIpc) is 2.76. The minimum atomic E-state index is 0. The van der Waals surface area contributed by atoms with Crippen molar-refractivity contribution in [3.8, 4) is 0 Å². The molecule has 0 aliphatic rings. The highest BCUT2D eigenvalue weighted by molar-refractivity contribution is 8.93. The molecule has 2 aromatic heterocycles. The van der Waals surface area contributed by atoms with Crippen molar-refractivity contribution in [1.82, 2.24) is 9.97 Å². The Kier molecular flexibility index (Phi) is 6.04. The van der Waals surface area contributed by atoms with Gasteiger partial charge in [-0.25, -0.2) is 9.97 Å². The highest BCUT2D eigenvalue weighted by atomic mass is 79.9. The quantitative estimate of drug-likeness (QED) is 0.572. The molecule has 2 N–H and O–H groups in total. The van der Waals surface area contributed by atoms with Gasteiger partial charge in [-0.1, -0.05) is 23.5 Å². The van der Waals surface area contributed by atoms with Crippen molar-refractivity contribution < 1.29 is 21.5 Å². The van der Waals surface area contributed by atoms with Crippen molar-refractivity contribution in [3.63, 3.8) is 0 Å². The molecule has 0 aliphatic carbocycles. The number of hydrogen-bond donors (Lipinski definition) is 1. The minimum Gasteiger partial charge on any atom is -1.00 e. The van der Waals surface area contributed by atoms with Crippen LogP contribution in [0.1, 0.15) is 11.4 Å². The number of nitrogens with zero attached hydrogens (tertiary/aromatic N) is 3. The monoisotopic (exact) mass is 416 g/mol. The molecule has 106 valence electrons. The van der Waals surface area contributed by atoms with Crippen LogP contribution < -0.4 is 27.3 Å². The molecule has 7 heteroatoms. The standard InChI is InChI=1S/C13H13N4S.2BrH/c1-9-15-6-10(13(14)16-9)7-17-8-18-12-5-3-2-4-11(12)17;;/h2-6,8H,7H2,1H3,(H2,14,15,16);2*1H/q+1;;/p-1. The van der Waals surface area contributed by atoms with Crippen LogP contribution in [-0.4, -0.2) is 9.97 Å². The van der Waals surface area contributed by atoms with E-state index < -0.39 is 0 Å². The van der Waals surface area contributed by atoms with Crippen LogP contribution >= 0.6 is 28.3 Å². The van der Waals surface area contributed by atoms with Gasteiger partial charge in [-0.3, -0.25) is 0 Å². The lowest BCUT2D eigenvalue weighted by Crippen LogP contribution is -3.00. The van der Waals surface area contributed by atoms with Crippen molar-refractivity contribution in [3.05, 3.63) is 47.4 Å². The number of hydrogen-bond acceptors (Lipinski definition) is 4. The van der Waals surface area contributed by atoms with Crippen LogP contribution in [0.15, 0.2) is 36.0 Å². The molecular formula is C13H14Br2N4S. The van der Waals surface area contributed by atoms with Crippen molar-refractivity contribution in [2.75, 3.05) is 5.73 Å². The molecule has 0 fully saturated rings. The lowest BCUT2D eigenvalue weighted by molar-refractivity contribution is -0.658. The zero-order valence-electron chi connectivity index (χ0n) is 10.8. The molecule has 0 aliphatic heterocycles. The van der Waals surface area contributed by atoms with E-state index in [2.05, 4.69) is 32.2 Å². The first-order valence-corrected chi connectivity index (χ1v) is 6.55. The number of aryl methyl sites for hydroxylation is 1. The fourth-order valence-corrected chi connectivity index (χ4v) is 2.80. The number of nitrogens with two attached hydrogens (primary N) is 1. The molecule has 0 radical (unpaired) electrons. The van der Waals surface area contributed by atoms with Gasteiger partial charge in [0, 0.05) is 12.3 Å². The molecule has 0 unspecified atom stereocenters. The highest BCUT2D eigenvalue weighted by Gasteiger charge is 2.14. The maximum absolute atomic E-state index is 5.92. The predicted molar refractivity (Wildman–Crippen MR) is 82.6 cm³/mol. The number of aromatic nitrogens is 3. The normalized spacial score (nSPS) is 9.85. The number of rotatable bonds is 2. The van der Waals surface area contributed by atoms with E-state index in [1.165, 1.54) is 10.2 Å².